The van der Waals surface area contributed by atoms with Gasteiger partial charge in [0.25, 0.3) is 0 Å². The van der Waals surface area contributed by atoms with Crippen LogP contribution in [0.4, 0.5) is 10.2 Å². The third kappa shape index (κ3) is 2.17. The van der Waals surface area contributed by atoms with Gasteiger partial charge in [0.05, 0.1) is 17.2 Å². The highest BCUT2D eigenvalue weighted by molar-refractivity contribution is 6.31. The van der Waals surface area contributed by atoms with E-state index in [0.717, 1.165) is 0 Å². The topological polar surface area (TPSA) is 62.1 Å². The highest BCUT2D eigenvalue weighted by Gasteiger charge is 2.26. The fourth-order valence-electron chi connectivity index (χ4n) is 2.43. The Balaban J connectivity index is 2.29. The zero-order chi connectivity index (χ0) is 14.4. The largest absolute Gasteiger partial charge is 0.391 e. The molecule has 0 bridgehead atoms. The summed E-state index contributed by atoms with van der Waals surface area (Å²) in [6.45, 7) is 2.75. The molecule has 2 aromatic heterocycles. The lowest BCUT2D eigenvalue weighted by Gasteiger charge is -2.19. The van der Waals surface area contributed by atoms with Crippen molar-refractivity contribution < 1.29 is 9.50 Å². The molecule has 3 rings (SSSR count). The lowest BCUT2D eigenvalue weighted by atomic mass is 10.2. The number of pyridine rings is 1. The van der Waals surface area contributed by atoms with Crippen molar-refractivity contribution in [2.75, 3.05) is 18.0 Å². The number of hydrogen-bond donors (Lipinski definition) is 1. The molecule has 0 aromatic carbocycles. The summed E-state index contributed by atoms with van der Waals surface area (Å²) in [7, 11) is 0. The number of aryl methyl sites for hydroxylation is 1. The van der Waals surface area contributed by atoms with Crippen molar-refractivity contribution in [1.29, 1.82) is 0 Å². The van der Waals surface area contributed by atoms with Gasteiger partial charge in [-0.1, -0.05) is 11.6 Å². The molecule has 20 heavy (non-hydrogen) atoms. The van der Waals surface area contributed by atoms with Crippen LogP contribution in [0.5, 0.6) is 0 Å². The number of aliphatic hydroxyl groups excluding tert-OH is 1. The van der Waals surface area contributed by atoms with Crippen LogP contribution in [0.1, 0.15) is 12.1 Å². The molecule has 1 aliphatic heterocycles. The fraction of sp³-hybridized carbons (Fsp3) is 0.417. The van der Waals surface area contributed by atoms with Gasteiger partial charge in [0.1, 0.15) is 11.3 Å². The van der Waals surface area contributed by atoms with E-state index in [4.69, 9.17) is 23.2 Å². The highest BCUT2D eigenvalue weighted by atomic mass is 35.5. The molecule has 0 unspecified atom stereocenters. The number of halogens is 3. The quantitative estimate of drug-likeness (QED) is 0.646. The normalized spacial score (nSPS) is 19.1. The van der Waals surface area contributed by atoms with Crippen molar-refractivity contribution >= 4 is 39.9 Å². The van der Waals surface area contributed by atoms with Crippen molar-refractivity contribution in [2.24, 2.45) is 0 Å². The molecule has 2 aromatic rings. The van der Waals surface area contributed by atoms with E-state index in [1.807, 2.05) is 4.90 Å². The number of rotatable bonds is 1. The number of nitrogens with zero attached hydrogens (tertiary/aromatic N) is 4. The van der Waals surface area contributed by atoms with Crippen LogP contribution in [-0.2, 0) is 0 Å². The molecular weight excluding hydrogens is 306 g/mol. The molecule has 0 amide bonds. The van der Waals surface area contributed by atoms with Gasteiger partial charge < -0.3 is 10.0 Å². The van der Waals surface area contributed by atoms with Gasteiger partial charge in [-0.3, -0.25) is 0 Å². The van der Waals surface area contributed by atoms with Gasteiger partial charge in [0.15, 0.2) is 11.0 Å². The summed E-state index contributed by atoms with van der Waals surface area (Å²) in [5, 5.41) is 9.82. The molecule has 1 fully saturated rings. The molecule has 3 heterocycles. The molecule has 0 spiro atoms. The third-order valence-electron chi connectivity index (χ3n) is 3.34. The second-order valence-corrected chi connectivity index (χ2v) is 5.43. The predicted octanol–water partition coefficient (Wildman–Crippen LogP) is 2.35. The highest BCUT2D eigenvalue weighted by Crippen LogP contribution is 2.33. The summed E-state index contributed by atoms with van der Waals surface area (Å²) in [6.07, 6.45) is 0.204. The minimum absolute atomic E-state index is 0.0545. The zero-order valence-corrected chi connectivity index (χ0v) is 12.1. The number of aromatic nitrogens is 3. The van der Waals surface area contributed by atoms with Crippen LogP contribution in [-0.4, -0.2) is 39.3 Å². The molecule has 0 saturated carbocycles. The van der Waals surface area contributed by atoms with Gasteiger partial charge in [-0.05, 0) is 24.9 Å². The van der Waals surface area contributed by atoms with Crippen molar-refractivity contribution in [3.05, 3.63) is 21.9 Å². The Bertz CT molecular complexity index is 697. The van der Waals surface area contributed by atoms with E-state index >= 15 is 0 Å². The van der Waals surface area contributed by atoms with Gasteiger partial charge >= 0.3 is 0 Å². The maximum absolute atomic E-state index is 14.1. The Morgan fingerprint density at radius 2 is 2.05 bits per heavy atom. The van der Waals surface area contributed by atoms with E-state index in [1.165, 1.54) is 0 Å². The first-order valence-corrected chi connectivity index (χ1v) is 6.85. The first-order valence-electron chi connectivity index (χ1n) is 6.09. The van der Waals surface area contributed by atoms with E-state index in [9.17, 15) is 9.50 Å². The Morgan fingerprint density at radius 1 is 1.30 bits per heavy atom. The molecule has 1 N–H and O–H groups in total. The first-order chi connectivity index (χ1) is 9.47. The van der Waals surface area contributed by atoms with Gasteiger partial charge in [0, 0.05) is 13.1 Å². The minimum atomic E-state index is -0.711. The smallest absolute Gasteiger partial charge is 0.225 e. The predicted molar refractivity (Wildman–Crippen MR) is 74.9 cm³/mol. The molecule has 5 nitrogen and oxygen atoms in total. The van der Waals surface area contributed by atoms with Gasteiger partial charge in [-0.25, -0.2) is 14.4 Å². The monoisotopic (exact) mass is 316 g/mol. The molecule has 1 saturated heterocycles. The number of aliphatic hydroxyl groups is 1. The van der Waals surface area contributed by atoms with Crippen LogP contribution < -0.4 is 4.90 Å². The van der Waals surface area contributed by atoms with Crippen molar-refractivity contribution in [1.82, 2.24) is 15.0 Å². The standard InChI is InChI=1S/C12H11Cl2FN4O/c1-5-7-9(8(15)10(13)16-5)17-12(14)18-11(7)19-3-2-6(20)4-19/h6,20H,2-4H2,1H3/t6-/m0/s1. The van der Waals surface area contributed by atoms with E-state index in [1.54, 1.807) is 6.92 Å². The Kier molecular flexibility index (Phi) is 3.40. The number of hydrogen-bond acceptors (Lipinski definition) is 5. The summed E-state index contributed by atoms with van der Waals surface area (Å²) < 4.78 is 14.1. The molecular formula is C12H11Cl2FN4O. The van der Waals surface area contributed by atoms with Gasteiger partial charge in [0.2, 0.25) is 5.28 Å². The van der Waals surface area contributed by atoms with Gasteiger partial charge in [-0.15, -0.1) is 0 Å². The zero-order valence-electron chi connectivity index (χ0n) is 10.6. The lowest BCUT2D eigenvalue weighted by molar-refractivity contribution is 0.198. The van der Waals surface area contributed by atoms with Crippen LogP contribution in [0, 0.1) is 12.7 Å². The molecule has 106 valence electrons. The SMILES string of the molecule is Cc1nc(Cl)c(F)c2nc(Cl)nc(N3CC[C@H](O)C3)c12. The number of fused-ring (bicyclic) bond motifs is 1. The molecule has 1 aliphatic rings. The Morgan fingerprint density at radius 3 is 2.70 bits per heavy atom. The number of β-amino-alcohol motifs (C(OH)–C–C–N with tert-alkyl or cyclic N) is 1. The first kappa shape index (κ1) is 13.7. The van der Waals surface area contributed by atoms with E-state index < -0.39 is 11.9 Å². The molecule has 1 atom stereocenters. The minimum Gasteiger partial charge on any atom is -0.391 e. The average Bonchev–Trinajstić information content (AvgIpc) is 2.81. The van der Waals surface area contributed by atoms with E-state index in [-0.39, 0.29) is 16.0 Å². The average molecular weight is 317 g/mol. The van der Waals surface area contributed by atoms with Crippen LogP contribution >= 0.6 is 23.2 Å². The Labute approximate surface area is 124 Å². The van der Waals surface area contributed by atoms with Crippen molar-refractivity contribution in [3.8, 4) is 0 Å². The van der Waals surface area contributed by atoms with Crippen LogP contribution in [0.2, 0.25) is 10.4 Å². The van der Waals surface area contributed by atoms with Crippen LogP contribution in [0.15, 0.2) is 0 Å². The van der Waals surface area contributed by atoms with Crippen molar-refractivity contribution in [2.45, 2.75) is 19.4 Å². The summed E-state index contributed by atoms with van der Waals surface area (Å²) in [6, 6.07) is 0. The second kappa shape index (κ2) is 4.95. The lowest BCUT2D eigenvalue weighted by Crippen LogP contribution is -2.23. The fourth-order valence-corrected chi connectivity index (χ4v) is 2.81. The van der Waals surface area contributed by atoms with Crippen LogP contribution in [0.25, 0.3) is 10.9 Å². The molecule has 0 radical (unpaired) electrons. The summed E-state index contributed by atoms with van der Waals surface area (Å²) in [4.78, 5) is 13.9. The maximum Gasteiger partial charge on any atom is 0.225 e. The summed E-state index contributed by atoms with van der Waals surface area (Å²) in [5.74, 6) is -0.227. The summed E-state index contributed by atoms with van der Waals surface area (Å²) >= 11 is 11.6. The van der Waals surface area contributed by atoms with E-state index in [0.29, 0.717) is 36.4 Å². The maximum atomic E-state index is 14.1. The van der Waals surface area contributed by atoms with Gasteiger partial charge in [-0.2, -0.15) is 4.98 Å². The van der Waals surface area contributed by atoms with E-state index in [2.05, 4.69) is 15.0 Å². The number of anilines is 1. The van der Waals surface area contributed by atoms with Crippen molar-refractivity contribution in [3.63, 3.8) is 0 Å². The molecule has 0 aliphatic carbocycles. The van der Waals surface area contributed by atoms with Crippen LogP contribution in [0.3, 0.4) is 0 Å². The molecule has 8 heteroatoms. The second-order valence-electron chi connectivity index (χ2n) is 4.73. The summed E-state index contributed by atoms with van der Waals surface area (Å²) in [5.41, 5.74) is 0.582. The Hall–Kier alpha value is -1.24. The third-order valence-corrected chi connectivity index (χ3v) is 3.76.